The molecule has 0 atom stereocenters. The van der Waals surface area contributed by atoms with Crippen LogP contribution in [0.4, 0.5) is 4.79 Å². The number of benzene rings is 1. The minimum Gasteiger partial charge on any atom is -0.358 e. The van der Waals surface area contributed by atoms with Crippen molar-refractivity contribution >= 4 is 16.9 Å². The van der Waals surface area contributed by atoms with Crippen LogP contribution in [0.2, 0.25) is 0 Å². The molecule has 2 aromatic rings. The van der Waals surface area contributed by atoms with Gasteiger partial charge < -0.3 is 15.2 Å². The number of nitrogens with one attached hydrogen (secondary N) is 2. The molecule has 1 aromatic carbocycles. The number of aromatic nitrogens is 1. The maximum atomic E-state index is 12.7. The Labute approximate surface area is 150 Å². The second-order valence-corrected chi connectivity index (χ2v) is 8.00. The second-order valence-electron chi connectivity index (χ2n) is 8.00. The maximum Gasteiger partial charge on any atom is 0.317 e. The smallest absolute Gasteiger partial charge is 0.317 e. The Morgan fingerprint density at radius 1 is 1.24 bits per heavy atom. The molecule has 1 saturated carbocycles. The molecular weight excluding hydrogens is 310 g/mol. The zero-order valence-electron chi connectivity index (χ0n) is 15.4. The van der Waals surface area contributed by atoms with Gasteiger partial charge in [0.15, 0.2) is 0 Å². The van der Waals surface area contributed by atoms with Crippen LogP contribution in [-0.2, 0) is 13.0 Å². The van der Waals surface area contributed by atoms with Gasteiger partial charge in [-0.2, -0.15) is 0 Å². The van der Waals surface area contributed by atoms with Crippen LogP contribution in [0.15, 0.2) is 18.2 Å². The zero-order valence-corrected chi connectivity index (χ0v) is 15.4. The van der Waals surface area contributed by atoms with Crippen LogP contribution in [0.3, 0.4) is 0 Å². The molecule has 4 nitrogen and oxygen atoms in total. The van der Waals surface area contributed by atoms with Crippen LogP contribution >= 0.6 is 0 Å². The van der Waals surface area contributed by atoms with Gasteiger partial charge in [-0.15, -0.1) is 0 Å². The molecular formula is C21H29N3O. The normalized spacial score (nSPS) is 18.6. The monoisotopic (exact) mass is 339 g/mol. The number of hydrogen-bond donors (Lipinski definition) is 2. The Kier molecular flexibility index (Phi) is 4.45. The number of nitrogens with zero attached hydrogens (tertiary/aromatic N) is 1. The van der Waals surface area contributed by atoms with E-state index in [1.807, 2.05) is 4.90 Å². The van der Waals surface area contributed by atoms with E-state index in [-0.39, 0.29) is 6.03 Å². The molecule has 0 spiro atoms. The van der Waals surface area contributed by atoms with Crippen LogP contribution in [0.1, 0.15) is 68.7 Å². The summed E-state index contributed by atoms with van der Waals surface area (Å²) in [7, 11) is 0. The number of urea groups is 1. The molecule has 1 aromatic heterocycles. The molecule has 2 N–H and O–H groups in total. The molecule has 2 heterocycles. The molecule has 2 amide bonds. The lowest BCUT2D eigenvalue weighted by Gasteiger charge is -2.31. The predicted molar refractivity (Wildman–Crippen MR) is 102 cm³/mol. The highest BCUT2D eigenvalue weighted by Gasteiger charge is 2.26. The Bertz CT molecular complexity index is 771. The third-order valence-electron chi connectivity index (χ3n) is 5.89. The first kappa shape index (κ1) is 16.5. The second kappa shape index (κ2) is 6.74. The molecule has 0 bridgehead atoms. The van der Waals surface area contributed by atoms with Gasteiger partial charge in [0.25, 0.3) is 0 Å². The highest BCUT2D eigenvalue weighted by atomic mass is 16.2. The molecule has 0 unspecified atom stereocenters. The van der Waals surface area contributed by atoms with Crippen molar-refractivity contribution in [3.63, 3.8) is 0 Å². The zero-order chi connectivity index (χ0) is 17.4. The molecule has 1 fully saturated rings. The van der Waals surface area contributed by atoms with Gasteiger partial charge in [-0.3, -0.25) is 0 Å². The quantitative estimate of drug-likeness (QED) is 0.819. The number of carbonyl (C=O) groups excluding carboxylic acids is 1. The molecule has 25 heavy (non-hydrogen) atoms. The minimum absolute atomic E-state index is 0.118. The van der Waals surface area contributed by atoms with Crippen molar-refractivity contribution in [3.8, 4) is 0 Å². The summed E-state index contributed by atoms with van der Waals surface area (Å²) in [6.45, 7) is 5.97. The summed E-state index contributed by atoms with van der Waals surface area (Å²) in [5.74, 6) is 0.518. The highest BCUT2D eigenvalue weighted by Crippen LogP contribution is 2.30. The van der Waals surface area contributed by atoms with Crippen LogP contribution in [-0.4, -0.2) is 28.5 Å². The summed E-state index contributed by atoms with van der Waals surface area (Å²) in [4.78, 5) is 18.3. The number of hydrogen-bond acceptors (Lipinski definition) is 1. The van der Waals surface area contributed by atoms with Crippen molar-refractivity contribution in [2.75, 3.05) is 6.54 Å². The SMILES string of the molecule is CC(C)c1ccc2[nH]c3c(c2c1)CN(C(=O)NC1CCCCC1)CC3. The van der Waals surface area contributed by atoms with Crippen LogP contribution in [0, 0.1) is 0 Å². The Hall–Kier alpha value is -1.97. The van der Waals surface area contributed by atoms with Gasteiger partial charge in [0, 0.05) is 47.7 Å². The maximum absolute atomic E-state index is 12.7. The van der Waals surface area contributed by atoms with Gasteiger partial charge in [-0.1, -0.05) is 39.2 Å². The summed E-state index contributed by atoms with van der Waals surface area (Å²) in [6, 6.07) is 7.19. The lowest BCUT2D eigenvalue weighted by Crippen LogP contribution is -2.47. The topological polar surface area (TPSA) is 48.1 Å². The fraction of sp³-hybridized carbons (Fsp3) is 0.571. The largest absolute Gasteiger partial charge is 0.358 e. The number of aromatic amines is 1. The molecule has 4 heteroatoms. The number of H-pyrrole nitrogens is 1. The third kappa shape index (κ3) is 3.26. The fourth-order valence-electron chi connectivity index (χ4n) is 4.28. The van der Waals surface area contributed by atoms with E-state index in [1.54, 1.807) is 0 Å². The van der Waals surface area contributed by atoms with Crippen molar-refractivity contribution in [2.24, 2.45) is 0 Å². The lowest BCUT2D eigenvalue weighted by atomic mass is 9.95. The summed E-state index contributed by atoms with van der Waals surface area (Å²) in [5, 5.41) is 4.55. The summed E-state index contributed by atoms with van der Waals surface area (Å²) >= 11 is 0. The van der Waals surface area contributed by atoms with E-state index in [2.05, 4.69) is 42.3 Å². The van der Waals surface area contributed by atoms with Gasteiger partial charge in [0.1, 0.15) is 0 Å². The van der Waals surface area contributed by atoms with E-state index in [0.717, 1.165) is 32.4 Å². The fourth-order valence-corrected chi connectivity index (χ4v) is 4.28. The highest BCUT2D eigenvalue weighted by molar-refractivity contribution is 5.86. The van der Waals surface area contributed by atoms with E-state index >= 15 is 0 Å². The Morgan fingerprint density at radius 3 is 2.80 bits per heavy atom. The van der Waals surface area contributed by atoms with Crippen molar-refractivity contribution < 1.29 is 4.79 Å². The number of carbonyl (C=O) groups is 1. The minimum atomic E-state index is 0.118. The Balaban J connectivity index is 1.54. The van der Waals surface area contributed by atoms with E-state index < -0.39 is 0 Å². The number of amides is 2. The first-order chi connectivity index (χ1) is 12.1. The first-order valence-electron chi connectivity index (χ1n) is 9.80. The number of rotatable bonds is 2. The summed E-state index contributed by atoms with van der Waals surface area (Å²) < 4.78 is 0. The van der Waals surface area contributed by atoms with Crippen molar-refractivity contribution in [1.82, 2.24) is 15.2 Å². The summed E-state index contributed by atoms with van der Waals surface area (Å²) in [5.41, 5.74) is 5.17. The lowest BCUT2D eigenvalue weighted by molar-refractivity contribution is 0.185. The predicted octanol–water partition coefficient (Wildman–Crippen LogP) is 4.69. The van der Waals surface area contributed by atoms with Crippen LogP contribution in [0.5, 0.6) is 0 Å². The third-order valence-corrected chi connectivity index (χ3v) is 5.89. The van der Waals surface area contributed by atoms with E-state index in [9.17, 15) is 4.79 Å². The van der Waals surface area contributed by atoms with Gasteiger partial charge >= 0.3 is 6.03 Å². The van der Waals surface area contributed by atoms with Crippen LogP contribution < -0.4 is 5.32 Å². The summed E-state index contributed by atoms with van der Waals surface area (Å²) in [6.07, 6.45) is 6.99. The molecule has 4 rings (SSSR count). The van der Waals surface area contributed by atoms with Gasteiger partial charge in [0.2, 0.25) is 0 Å². The van der Waals surface area contributed by atoms with Gasteiger partial charge in [-0.05, 0) is 36.5 Å². The molecule has 2 aliphatic rings. The molecule has 0 radical (unpaired) electrons. The van der Waals surface area contributed by atoms with Crippen molar-refractivity contribution in [3.05, 3.63) is 35.0 Å². The first-order valence-corrected chi connectivity index (χ1v) is 9.80. The molecule has 1 aliphatic carbocycles. The van der Waals surface area contributed by atoms with E-state index in [1.165, 1.54) is 47.0 Å². The van der Waals surface area contributed by atoms with E-state index in [0.29, 0.717) is 12.0 Å². The average Bonchev–Trinajstić information content (AvgIpc) is 2.99. The van der Waals surface area contributed by atoms with Gasteiger partial charge in [0.05, 0.1) is 0 Å². The average molecular weight is 339 g/mol. The van der Waals surface area contributed by atoms with Crippen molar-refractivity contribution in [1.29, 1.82) is 0 Å². The molecule has 134 valence electrons. The standard InChI is InChI=1S/C21H29N3O/c1-14(2)15-8-9-19-17(12-15)18-13-24(11-10-20(18)23-19)21(25)22-16-6-4-3-5-7-16/h8-9,12,14,16,23H,3-7,10-11,13H2,1-2H3,(H,22,25). The van der Waals surface area contributed by atoms with Gasteiger partial charge in [-0.25, -0.2) is 4.79 Å². The van der Waals surface area contributed by atoms with E-state index in [4.69, 9.17) is 0 Å². The van der Waals surface area contributed by atoms with Crippen molar-refractivity contribution in [2.45, 2.75) is 70.9 Å². The Morgan fingerprint density at radius 2 is 2.04 bits per heavy atom. The van der Waals surface area contributed by atoms with Crippen LogP contribution in [0.25, 0.3) is 10.9 Å². The molecule has 0 saturated heterocycles. The number of fused-ring (bicyclic) bond motifs is 3. The molecule has 1 aliphatic heterocycles.